The van der Waals surface area contributed by atoms with Gasteiger partial charge in [0, 0.05) is 35.1 Å². The first kappa shape index (κ1) is 12.1. The van der Waals surface area contributed by atoms with E-state index < -0.39 is 6.10 Å². The minimum Gasteiger partial charge on any atom is -0.384 e. The summed E-state index contributed by atoms with van der Waals surface area (Å²) >= 11 is 0. The zero-order valence-electron chi connectivity index (χ0n) is 11.3. The predicted molar refractivity (Wildman–Crippen MR) is 84.1 cm³/mol. The zero-order chi connectivity index (χ0) is 14.2. The van der Waals surface area contributed by atoms with Gasteiger partial charge in [-0.1, -0.05) is 30.3 Å². The van der Waals surface area contributed by atoms with Crippen molar-refractivity contribution in [3.05, 3.63) is 78.2 Å². The molecule has 3 heteroatoms. The molecular weight excluding hydrogens is 260 g/mol. The molecule has 21 heavy (non-hydrogen) atoms. The monoisotopic (exact) mass is 274 g/mol. The van der Waals surface area contributed by atoms with Gasteiger partial charge in [-0.05, 0) is 34.5 Å². The summed E-state index contributed by atoms with van der Waals surface area (Å²) in [4.78, 5) is 7.41. The molecular formula is C18H14N2O. The van der Waals surface area contributed by atoms with Crippen molar-refractivity contribution in [1.82, 2.24) is 9.97 Å². The van der Waals surface area contributed by atoms with Gasteiger partial charge >= 0.3 is 0 Å². The first-order chi connectivity index (χ1) is 10.3. The van der Waals surface area contributed by atoms with Gasteiger partial charge in [0.2, 0.25) is 0 Å². The lowest BCUT2D eigenvalue weighted by atomic mass is 9.97. The van der Waals surface area contributed by atoms with E-state index in [2.05, 4.69) is 9.97 Å². The average Bonchev–Trinajstić information content (AvgIpc) is 3.01. The van der Waals surface area contributed by atoms with Crippen LogP contribution in [0.15, 0.2) is 67.1 Å². The Morgan fingerprint density at radius 3 is 2.81 bits per heavy atom. The molecule has 1 atom stereocenters. The number of benzene rings is 2. The van der Waals surface area contributed by atoms with Gasteiger partial charge in [0.15, 0.2) is 0 Å². The maximum absolute atomic E-state index is 10.7. The maximum atomic E-state index is 10.7. The molecule has 0 saturated carbocycles. The van der Waals surface area contributed by atoms with Gasteiger partial charge in [-0.25, -0.2) is 0 Å². The summed E-state index contributed by atoms with van der Waals surface area (Å²) in [6.45, 7) is 0. The maximum Gasteiger partial charge on any atom is 0.106 e. The van der Waals surface area contributed by atoms with Crippen LogP contribution < -0.4 is 0 Å². The molecule has 0 bridgehead atoms. The summed E-state index contributed by atoms with van der Waals surface area (Å²) in [6.07, 6.45) is 4.79. The molecule has 0 aliphatic rings. The normalized spacial score (nSPS) is 12.8. The standard InChI is InChI=1S/C18H14N2O/c21-18(13-5-6-17-12(9-13)7-8-20-17)16-11-19-10-14-3-1-2-4-15(14)16/h1-11,18,20-21H. The van der Waals surface area contributed by atoms with Crippen LogP contribution in [-0.2, 0) is 0 Å². The number of nitrogens with one attached hydrogen (secondary N) is 1. The average molecular weight is 274 g/mol. The Morgan fingerprint density at radius 2 is 1.86 bits per heavy atom. The van der Waals surface area contributed by atoms with Gasteiger partial charge in [-0.3, -0.25) is 4.98 Å². The lowest BCUT2D eigenvalue weighted by Crippen LogP contribution is -2.01. The number of aliphatic hydroxyl groups is 1. The first-order valence-corrected chi connectivity index (χ1v) is 6.91. The van der Waals surface area contributed by atoms with Crippen LogP contribution in [-0.4, -0.2) is 15.1 Å². The summed E-state index contributed by atoms with van der Waals surface area (Å²) in [5.41, 5.74) is 2.78. The third-order valence-corrected chi connectivity index (χ3v) is 3.89. The number of rotatable bonds is 2. The molecule has 0 saturated heterocycles. The quantitative estimate of drug-likeness (QED) is 0.584. The summed E-state index contributed by atoms with van der Waals surface area (Å²) in [5.74, 6) is 0. The van der Waals surface area contributed by atoms with E-state index in [-0.39, 0.29) is 0 Å². The highest BCUT2D eigenvalue weighted by molar-refractivity contribution is 5.86. The molecule has 2 heterocycles. The SMILES string of the molecule is OC(c1ccc2[nH]ccc2c1)c1cncc2ccccc12. The Hall–Kier alpha value is -2.65. The van der Waals surface area contributed by atoms with Crippen LogP contribution in [0.5, 0.6) is 0 Å². The van der Waals surface area contributed by atoms with Crippen LogP contribution in [0.2, 0.25) is 0 Å². The Morgan fingerprint density at radius 1 is 0.952 bits per heavy atom. The van der Waals surface area contributed by atoms with Crippen LogP contribution in [0.3, 0.4) is 0 Å². The number of pyridine rings is 1. The second-order valence-corrected chi connectivity index (χ2v) is 5.18. The summed E-state index contributed by atoms with van der Waals surface area (Å²) in [6, 6.07) is 15.9. The number of fused-ring (bicyclic) bond motifs is 2. The molecule has 3 nitrogen and oxygen atoms in total. The number of aliphatic hydroxyl groups excluding tert-OH is 1. The zero-order valence-corrected chi connectivity index (χ0v) is 11.3. The van der Waals surface area contributed by atoms with Crippen LogP contribution in [0.1, 0.15) is 17.2 Å². The van der Waals surface area contributed by atoms with Gasteiger partial charge in [0.1, 0.15) is 6.10 Å². The van der Waals surface area contributed by atoms with E-state index in [0.29, 0.717) is 0 Å². The number of hydrogen-bond acceptors (Lipinski definition) is 2. The smallest absolute Gasteiger partial charge is 0.106 e. The highest BCUT2D eigenvalue weighted by atomic mass is 16.3. The molecule has 0 radical (unpaired) electrons. The third kappa shape index (κ3) is 1.99. The highest BCUT2D eigenvalue weighted by Gasteiger charge is 2.14. The van der Waals surface area contributed by atoms with Crippen molar-refractivity contribution in [2.24, 2.45) is 0 Å². The van der Waals surface area contributed by atoms with E-state index in [1.165, 1.54) is 0 Å². The van der Waals surface area contributed by atoms with Crippen molar-refractivity contribution in [3.8, 4) is 0 Å². The van der Waals surface area contributed by atoms with Crippen LogP contribution >= 0.6 is 0 Å². The number of hydrogen-bond donors (Lipinski definition) is 2. The fraction of sp³-hybridized carbons (Fsp3) is 0.0556. The molecule has 0 aliphatic carbocycles. The van der Waals surface area contributed by atoms with Crippen LogP contribution in [0.4, 0.5) is 0 Å². The van der Waals surface area contributed by atoms with Crippen molar-refractivity contribution >= 4 is 21.7 Å². The summed E-state index contributed by atoms with van der Waals surface area (Å²) < 4.78 is 0. The molecule has 1 unspecified atom stereocenters. The Balaban J connectivity index is 1.87. The second-order valence-electron chi connectivity index (χ2n) is 5.18. The Bertz CT molecular complexity index is 921. The van der Waals surface area contributed by atoms with Gasteiger partial charge < -0.3 is 10.1 Å². The predicted octanol–water partition coefficient (Wildman–Crippen LogP) is 3.80. The number of nitrogens with zero attached hydrogens (tertiary/aromatic N) is 1. The summed E-state index contributed by atoms with van der Waals surface area (Å²) in [5, 5.41) is 13.9. The Labute approximate surface area is 121 Å². The topological polar surface area (TPSA) is 48.9 Å². The fourth-order valence-corrected chi connectivity index (χ4v) is 2.78. The largest absolute Gasteiger partial charge is 0.384 e. The minimum atomic E-state index is -0.678. The van der Waals surface area contributed by atoms with E-state index in [0.717, 1.165) is 32.8 Å². The van der Waals surface area contributed by atoms with Gasteiger partial charge in [0.25, 0.3) is 0 Å². The number of H-pyrrole nitrogens is 1. The lowest BCUT2D eigenvalue weighted by molar-refractivity contribution is 0.221. The Kier molecular flexibility index (Phi) is 2.72. The molecule has 0 amide bonds. The van der Waals surface area contributed by atoms with Gasteiger partial charge in [-0.2, -0.15) is 0 Å². The van der Waals surface area contributed by atoms with Gasteiger partial charge in [0.05, 0.1) is 0 Å². The first-order valence-electron chi connectivity index (χ1n) is 6.91. The number of aromatic nitrogens is 2. The van der Waals surface area contributed by atoms with E-state index in [4.69, 9.17) is 0 Å². The molecule has 0 spiro atoms. The third-order valence-electron chi connectivity index (χ3n) is 3.89. The minimum absolute atomic E-state index is 0.678. The van der Waals surface area contributed by atoms with E-state index in [1.807, 2.05) is 60.9 Å². The van der Waals surface area contributed by atoms with Crippen molar-refractivity contribution in [2.45, 2.75) is 6.10 Å². The van der Waals surface area contributed by atoms with E-state index in [9.17, 15) is 5.11 Å². The molecule has 2 aromatic carbocycles. The highest BCUT2D eigenvalue weighted by Crippen LogP contribution is 2.29. The van der Waals surface area contributed by atoms with E-state index >= 15 is 0 Å². The lowest BCUT2D eigenvalue weighted by Gasteiger charge is -2.14. The molecule has 0 aliphatic heterocycles. The fourth-order valence-electron chi connectivity index (χ4n) is 2.78. The van der Waals surface area contributed by atoms with Crippen LogP contribution in [0.25, 0.3) is 21.7 Å². The molecule has 2 N–H and O–H groups in total. The molecule has 2 aromatic heterocycles. The second kappa shape index (κ2) is 4.72. The van der Waals surface area contributed by atoms with Gasteiger partial charge in [-0.15, -0.1) is 0 Å². The molecule has 4 aromatic rings. The van der Waals surface area contributed by atoms with Crippen molar-refractivity contribution in [3.63, 3.8) is 0 Å². The van der Waals surface area contributed by atoms with Crippen molar-refractivity contribution in [2.75, 3.05) is 0 Å². The molecule has 4 rings (SSSR count). The van der Waals surface area contributed by atoms with Crippen molar-refractivity contribution < 1.29 is 5.11 Å². The van der Waals surface area contributed by atoms with Crippen molar-refractivity contribution in [1.29, 1.82) is 0 Å². The molecule has 102 valence electrons. The summed E-state index contributed by atoms with van der Waals surface area (Å²) in [7, 11) is 0. The van der Waals surface area contributed by atoms with Crippen LogP contribution in [0, 0.1) is 0 Å². The molecule has 0 fully saturated rings. The van der Waals surface area contributed by atoms with E-state index in [1.54, 1.807) is 6.20 Å². The number of aromatic amines is 1.